The molecule has 1 amide bonds. The Balaban J connectivity index is 1.72. The Kier molecular flexibility index (Phi) is 4.88. The Bertz CT molecular complexity index is 841. The van der Waals surface area contributed by atoms with Crippen molar-refractivity contribution in [1.82, 2.24) is 25.5 Å². The van der Waals surface area contributed by atoms with E-state index < -0.39 is 0 Å². The van der Waals surface area contributed by atoms with Crippen LogP contribution in [0.5, 0.6) is 0 Å². The molecule has 3 aromatic rings. The van der Waals surface area contributed by atoms with Gasteiger partial charge in [-0.05, 0) is 52.6 Å². The zero-order valence-electron chi connectivity index (χ0n) is 14.5. The molecule has 0 spiro atoms. The van der Waals surface area contributed by atoms with Gasteiger partial charge in [0.05, 0.1) is 11.7 Å². The van der Waals surface area contributed by atoms with E-state index in [2.05, 4.69) is 59.0 Å². The summed E-state index contributed by atoms with van der Waals surface area (Å²) in [4.78, 5) is 12.6. The molecule has 0 saturated carbocycles. The third kappa shape index (κ3) is 3.91. The maximum Gasteiger partial charge on any atom is 0.251 e. The van der Waals surface area contributed by atoms with E-state index >= 15 is 0 Å². The second-order valence-electron chi connectivity index (χ2n) is 6.32. The van der Waals surface area contributed by atoms with Gasteiger partial charge in [0.1, 0.15) is 6.33 Å². The Labute approximate surface area is 146 Å². The standard InChI is InChI=1S/C19H21N5O/c1-13(2)15-7-9-16(10-8-15)14(3)21-19(25)17-5-4-6-18(11-17)24-12-20-22-23-24/h4-14H,1-3H3,(H,21,25). The summed E-state index contributed by atoms with van der Waals surface area (Å²) in [6, 6.07) is 15.5. The first-order chi connectivity index (χ1) is 12.0. The normalized spacial score (nSPS) is 12.2. The lowest BCUT2D eigenvalue weighted by atomic mass is 9.99. The summed E-state index contributed by atoms with van der Waals surface area (Å²) in [6.07, 6.45) is 1.50. The molecule has 128 valence electrons. The van der Waals surface area contributed by atoms with E-state index in [9.17, 15) is 4.79 Å². The molecular formula is C19H21N5O. The highest BCUT2D eigenvalue weighted by Crippen LogP contribution is 2.19. The zero-order valence-corrected chi connectivity index (χ0v) is 14.5. The molecule has 0 saturated heterocycles. The van der Waals surface area contributed by atoms with Gasteiger partial charge in [0.2, 0.25) is 0 Å². The average molecular weight is 335 g/mol. The maximum atomic E-state index is 12.6. The molecule has 1 heterocycles. The van der Waals surface area contributed by atoms with Crippen LogP contribution in [-0.2, 0) is 0 Å². The van der Waals surface area contributed by atoms with Crippen molar-refractivity contribution in [3.8, 4) is 5.69 Å². The van der Waals surface area contributed by atoms with Gasteiger partial charge in [-0.25, -0.2) is 4.68 Å². The van der Waals surface area contributed by atoms with E-state index in [-0.39, 0.29) is 11.9 Å². The van der Waals surface area contributed by atoms with Crippen molar-refractivity contribution in [2.24, 2.45) is 0 Å². The molecule has 0 radical (unpaired) electrons. The minimum absolute atomic E-state index is 0.0783. The van der Waals surface area contributed by atoms with Crippen LogP contribution in [0.3, 0.4) is 0 Å². The third-order valence-electron chi connectivity index (χ3n) is 4.17. The Hall–Kier alpha value is -3.02. The molecule has 1 unspecified atom stereocenters. The molecule has 0 aliphatic heterocycles. The number of hydrogen-bond acceptors (Lipinski definition) is 4. The molecule has 2 aromatic carbocycles. The van der Waals surface area contributed by atoms with Crippen molar-refractivity contribution in [1.29, 1.82) is 0 Å². The van der Waals surface area contributed by atoms with Crippen molar-refractivity contribution >= 4 is 5.91 Å². The number of nitrogens with zero attached hydrogens (tertiary/aromatic N) is 4. The largest absolute Gasteiger partial charge is 0.346 e. The molecule has 0 aliphatic rings. The van der Waals surface area contributed by atoms with Crippen molar-refractivity contribution in [2.75, 3.05) is 0 Å². The van der Waals surface area contributed by atoms with Crippen LogP contribution in [-0.4, -0.2) is 26.1 Å². The highest BCUT2D eigenvalue weighted by molar-refractivity contribution is 5.95. The van der Waals surface area contributed by atoms with Gasteiger partial charge < -0.3 is 5.32 Å². The van der Waals surface area contributed by atoms with Crippen LogP contribution in [0.1, 0.15) is 54.2 Å². The second kappa shape index (κ2) is 7.25. The van der Waals surface area contributed by atoms with Crippen LogP contribution >= 0.6 is 0 Å². The van der Waals surface area contributed by atoms with Crippen LogP contribution in [0.2, 0.25) is 0 Å². The van der Waals surface area contributed by atoms with Crippen LogP contribution < -0.4 is 5.32 Å². The van der Waals surface area contributed by atoms with E-state index in [1.54, 1.807) is 12.1 Å². The van der Waals surface area contributed by atoms with Gasteiger partial charge in [0.25, 0.3) is 5.91 Å². The maximum absolute atomic E-state index is 12.6. The van der Waals surface area contributed by atoms with Gasteiger partial charge in [0, 0.05) is 5.56 Å². The lowest BCUT2D eigenvalue weighted by Crippen LogP contribution is -2.26. The summed E-state index contributed by atoms with van der Waals surface area (Å²) in [5.41, 5.74) is 3.68. The van der Waals surface area contributed by atoms with Gasteiger partial charge in [-0.15, -0.1) is 5.10 Å². The number of benzene rings is 2. The lowest BCUT2D eigenvalue weighted by Gasteiger charge is -2.16. The van der Waals surface area contributed by atoms with Crippen molar-refractivity contribution < 1.29 is 4.79 Å². The minimum atomic E-state index is -0.129. The van der Waals surface area contributed by atoms with Crippen LogP contribution in [0.4, 0.5) is 0 Å². The fourth-order valence-electron chi connectivity index (χ4n) is 2.60. The monoisotopic (exact) mass is 335 g/mol. The van der Waals surface area contributed by atoms with Gasteiger partial charge in [-0.3, -0.25) is 4.79 Å². The minimum Gasteiger partial charge on any atom is -0.346 e. The summed E-state index contributed by atoms with van der Waals surface area (Å²) >= 11 is 0. The molecule has 3 rings (SSSR count). The number of hydrogen-bond donors (Lipinski definition) is 1. The lowest BCUT2D eigenvalue weighted by molar-refractivity contribution is 0.0940. The summed E-state index contributed by atoms with van der Waals surface area (Å²) in [5, 5.41) is 14.1. The van der Waals surface area contributed by atoms with Crippen LogP contribution in [0, 0.1) is 0 Å². The third-order valence-corrected chi connectivity index (χ3v) is 4.17. The molecule has 0 bridgehead atoms. The Morgan fingerprint density at radius 3 is 2.40 bits per heavy atom. The van der Waals surface area contributed by atoms with Crippen molar-refractivity contribution in [3.63, 3.8) is 0 Å². The van der Waals surface area contributed by atoms with Crippen molar-refractivity contribution in [2.45, 2.75) is 32.7 Å². The molecule has 1 aromatic heterocycles. The summed E-state index contributed by atoms with van der Waals surface area (Å²) in [6.45, 7) is 6.31. The predicted molar refractivity (Wildman–Crippen MR) is 95.6 cm³/mol. The summed E-state index contributed by atoms with van der Waals surface area (Å²) in [5.74, 6) is 0.364. The second-order valence-corrected chi connectivity index (χ2v) is 6.32. The topological polar surface area (TPSA) is 72.7 Å². The fraction of sp³-hybridized carbons (Fsp3) is 0.263. The molecule has 0 fully saturated rings. The van der Waals surface area contributed by atoms with Crippen LogP contribution in [0.15, 0.2) is 54.9 Å². The highest BCUT2D eigenvalue weighted by Gasteiger charge is 2.13. The number of nitrogens with one attached hydrogen (secondary N) is 1. The van der Waals surface area contributed by atoms with E-state index in [0.29, 0.717) is 11.5 Å². The quantitative estimate of drug-likeness (QED) is 0.776. The smallest absolute Gasteiger partial charge is 0.251 e. The Morgan fingerprint density at radius 2 is 1.76 bits per heavy atom. The van der Waals surface area contributed by atoms with E-state index in [1.807, 2.05) is 19.1 Å². The number of amides is 1. The van der Waals surface area contributed by atoms with Gasteiger partial charge in [-0.1, -0.05) is 44.2 Å². The predicted octanol–water partition coefficient (Wildman–Crippen LogP) is 3.28. The fourth-order valence-corrected chi connectivity index (χ4v) is 2.60. The molecule has 6 nitrogen and oxygen atoms in total. The van der Waals surface area contributed by atoms with E-state index in [1.165, 1.54) is 16.6 Å². The number of carbonyl (C=O) groups excluding carboxylic acids is 1. The molecule has 1 N–H and O–H groups in total. The van der Waals surface area contributed by atoms with Gasteiger partial charge in [0.15, 0.2) is 0 Å². The van der Waals surface area contributed by atoms with Crippen molar-refractivity contribution in [3.05, 3.63) is 71.5 Å². The molecule has 25 heavy (non-hydrogen) atoms. The summed E-state index contributed by atoms with van der Waals surface area (Å²) < 4.78 is 1.52. The number of carbonyl (C=O) groups is 1. The zero-order chi connectivity index (χ0) is 17.8. The highest BCUT2D eigenvalue weighted by atomic mass is 16.1. The number of rotatable bonds is 5. The number of tetrazole rings is 1. The van der Waals surface area contributed by atoms with E-state index in [0.717, 1.165) is 11.3 Å². The van der Waals surface area contributed by atoms with Gasteiger partial charge in [-0.2, -0.15) is 0 Å². The first-order valence-electron chi connectivity index (χ1n) is 8.28. The Morgan fingerprint density at radius 1 is 1.04 bits per heavy atom. The van der Waals surface area contributed by atoms with Gasteiger partial charge >= 0.3 is 0 Å². The first kappa shape index (κ1) is 16.8. The SMILES string of the molecule is CC(C)c1ccc(C(C)NC(=O)c2cccc(-n3cnnn3)c2)cc1. The molecule has 1 atom stereocenters. The number of aromatic nitrogens is 4. The van der Waals surface area contributed by atoms with E-state index in [4.69, 9.17) is 0 Å². The molecule has 6 heteroatoms. The summed E-state index contributed by atoms with van der Waals surface area (Å²) in [7, 11) is 0. The average Bonchev–Trinajstić information content (AvgIpc) is 3.16. The molecule has 0 aliphatic carbocycles. The van der Waals surface area contributed by atoms with Crippen LogP contribution in [0.25, 0.3) is 5.69 Å². The first-order valence-corrected chi connectivity index (χ1v) is 8.28. The molecular weight excluding hydrogens is 314 g/mol.